The van der Waals surface area contributed by atoms with Gasteiger partial charge in [0.15, 0.2) is 0 Å². The molecule has 184 valence electrons. The van der Waals surface area contributed by atoms with Crippen LogP contribution < -0.4 is 5.32 Å². The van der Waals surface area contributed by atoms with Gasteiger partial charge < -0.3 is 14.8 Å². The molecule has 9 nitrogen and oxygen atoms in total. The minimum Gasteiger partial charge on any atom is -0.466 e. The van der Waals surface area contributed by atoms with Crippen molar-refractivity contribution in [3.63, 3.8) is 0 Å². The second-order valence-corrected chi connectivity index (χ2v) is 8.31. The average Bonchev–Trinajstić information content (AvgIpc) is 2.83. The van der Waals surface area contributed by atoms with Gasteiger partial charge in [0.2, 0.25) is 0 Å². The van der Waals surface area contributed by atoms with Gasteiger partial charge in [0.05, 0.1) is 29.2 Å². The van der Waals surface area contributed by atoms with E-state index < -0.39 is 22.9 Å². The molecule has 1 atom stereocenters. The number of nitro benzene ring substituents is 1. The Bertz CT molecular complexity index is 1170. The Morgan fingerprint density at radius 3 is 2.49 bits per heavy atom. The van der Waals surface area contributed by atoms with Crippen LogP contribution in [0.15, 0.2) is 71.4 Å². The second-order valence-electron chi connectivity index (χ2n) is 8.31. The number of methoxy groups -OCH3 is 1. The fraction of sp³-hybridized carbons (Fsp3) is 0.308. The van der Waals surface area contributed by atoms with Crippen LogP contribution in [0.1, 0.15) is 25.0 Å². The molecule has 3 rings (SSSR count). The summed E-state index contributed by atoms with van der Waals surface area (Å²) in [5.41, 5.74) is 2.48. The van der Waals surface area contributed by atoms with Gasteiger partial charge in [-0.05, 0) is 32.0 Å². The van der Waals surface area contributed by atoms with Crippen LogP contribution in [-0.2, 0) is 25.6 Å². The highest BCUT2D eigenvalue weighted by molar-refractivity contribution is 6.14. The molecule has 1 unspecified atom stereocenters. The molecule has 9 heteroatoms. The highest BCUT2D eigenvalue weighted by atomic mass is 16.6. The number of likely N-dealkylation sites (N-methyl/N-ethyl adjacent to an activating group) is 1. The molecule has 0 saturated carbocycles. The molecule has 0 aromatic heterocycles. The maximum atomic E-state index is 13.3. The molecule has 0 amide bonds. The zero-order valence-corrected chi connectivity index (χ0v) is 20.2. The molecule has 1 heterocycles. The van der Waals surface area contributed by atoms with E-state index in [1.54, 1.807) is 19.9 Å². The monoisotopic (exact) mass is 479 g/mol. The highest BCUT2D eigenvalue weighted by Crippen LogP contribution is 2.36. The first kappa shape index (κ1) is 25.6. The van der Waals surface area contributed by atoms with Gasteiger partial charge in [-0.25, -0.2) is 9.59 Å². The van der Waals surface area contributed by atoms with Crippen molar-refractivity contribution in [2.24, 2.45) is 0 Å². The van der Waals surface area contributed by atoms with Crippen molar-refractivity contribution < 1.29 is 24.0 Å². The van der Waals surface area contributed by atoms with Gasteiger partial charge in [0.25, 0.3) is 5.69 Å². The van der Waals surface area contributed by atoms with E-state index in [-0.39, 0.29) is 29.0 Å². The van der Waals surface area contributed by atoms with Gasteiger partial charge in [-0.1, -0.05) is 42.5 Å². The van der Waals surface area contributed by atoms with Crippen molar-refractivity contribution in [2.75, 3.05) is 27.3 Å². The van der Waals surface area contributed by atoms with Crippen molar-refractivity contribution in [1.82, 2.24) is 10.2 Å². The summed E-state index contributed by atoms with van der Waals surface area (Å²) in [5, 5.41) is 14.5. The van der Waals surface area contributed by atoms with Gasteiger partial charge in [-0.3, -0.25) is 15.0 Å². The summed E-state index contributed by atoms with van der Waals surface area (Å²) < 4.78 is 10.6. The average molecular weight is 480 g/mol. The fourth-order valence-corrected chi connectivity index (χ4v) is 4.07. The molecule has 0 fully saturated rings. The molecule has 0 radical (unpaired) electrons. The van der Waals surface area contributed by atoms with Crippen molar-refractivity contribution in [3.05, 3.63) is 92.7 Å². The molecule has 0 saturated heterocycles. The molecule has 2 aromatic rings. The van der Waals surface area contributed by atoms with Crippen LogP contribution in [0.3, 0.4) is 0 Å². The van der Waals surface area contributed by atoms with E-state index in [4.69, 9.17) is 9.47 Å². The number of benzene rings is 2. The van der Waals surface area contributed by atoms with E-state index >= 15 is 0 Å². The second kappa shape index (κ2) is 11.4. The molecule has 35 heavy (non-hydrogen) atoms. The van der Waals surface area contributed by atoms with E-state index in [1.165, 1.54) is 25.3 Å². The molecule has 1 aliphatic rings. The molecular formula is C26H29N3O6. The van der Waals surface area contributed by atoms with Crippen molar-refractivity contribution in [3.8, 4) is 0 Å². The summed E-state index contributed by atoms with van der Waals surface area (Å²) in [4.78, 5) is 38.8. The Morgan fingerprint density at radius 2 is 1.83 bits per heavy atom. The van der Waals surface area contributed by atoms with Crippen LogP contribution in [-0.4, -0.2) is 55.1 Å². The zero-order chi connectivity index (χ0) is 25.5. The molecule has 2 aromatic carbocycles. The van der Waals surface area contributed by atoms with Crippen LogP contribution >= 0.6 is 0 Å². The first-order valence-corrected chi connectivity index (χ1v) is 11.2. The summed E-state index contributed by atoms with van der Waals surface area (Å²) in [6, 6.07) is 15.3. The van der Waals surface area contributed by atoms with E-state index in [9.17, 15) is 19.7 Å². The number of nitrogens with zero attached hydrogens (tertiary/aromatic N) is 2. The minimum atomic E-state index is -0.632. The van der Waals surface area contributed by atoms with Crippen LogP contribution in [0.4, 0.5) is 5.69 Å². The Hall–Kier alpha value is -3.98. The van der Waals surface area contributed by atoms with Gasteiger partial charge in [0, 0.05) is 36.5 Å². The van der Waals surface area contributed by atoms with E-state index in [2.05, 4.69) is 5.32 Å². The Balaban J connectivity index is 1.87. The predicted octanol–water partition coefficient (Wildman–Crippen LogP) is 3.46. The van der Waals surface area contributed by atoms with Gasteiger partial charge in [0.1, 0.15) is 6.61 Å². The standard InChI is InChI=1S/C26H29N3O6/c1-17-22(25(30)34-4)24(20-11-8-12-21(15-20)29(32)33)23(18(2)27-17)26(31)35-14-13-28(3)16-19-9-6-5-7-10-19/h5-12,15,17,27H,13-14,16H2,1-4H3. The quantitative estimate of drug-likeness (QED) is 0.331. The zero-order valence-electron chi connectivity index (χ0n) is 20.2. The largest absolute Gasteiger partial charge is 0.466 e. The van der Waals surface area contributed by atoms with E-state index in [1.807, 2.05) is 42.3 Å². The summed E-state index contributed by atoms with van der Waals surface area (Å²) in [6.07, 6.45) is 0. The number of esters is 2. The number of hydrogen-bond donors (Lipinski definition) is 1. The lowest BCUT2D eigenvalue weighted by Gasteiger charge is -2.29. The molecule has 1 aliphatic heterocycles. The van der Waals surface area contributed by atoms with Gasteiger partial charge in [-0.2, -0.15) is 0 Å². The molecule has 1 N–H and O–H groups in total. The lowest BCUT2D eigenvalue weighted by molar-refractivity contribution is -0.384. The van der Waals surface area contributed by atoms with Crippen LogP contribution in [0.25, 0.3) is 5.57 Å². The van der Waals surface area contributed by atoms with E-state index in [0.29, 0.717) is 24.4 Å². The number of carbonyl (C=O) groups excluding carboxylic acids is 2. The third-order valence-corrected chi connectivity index (χ3v) is 5.72. The van der Waals surface area contributed by atoms with Crippen molar-refractivity contribution >= 4 is 23.2 Å². The van der Waals surface area contributed by atoms with Crippen LogP contribution in [0.2, 0.25) is 0 Å². The Kier molecular flexibility index (Phi) is 8.38. The summed E-state index contributed by atoms with van der Waals surface area (Å²) in [7, 11) is 3.18. The smallest absolute Gasteiger partial charge is 0.340 e. The number of dihydropyridines is 1. The normalized spacial score (nSPS) is 15.6. The first-order valence-electron chi connectivity index (χ1n) is 11.2. The van der Waals surface area contributed by atoms with Crippen molar-refractivity contribution in [1.29, 1.82) is 0 Å². The number of carbonyl (C=O) groups is 2. The van der Waals surface area contributed by atoms with Crippen LogP contribution in [0, 0.1) is 10.1 Å². The minimum absolute atomic E-state index is 0.129. The predicted molar refractivity (Wildman–Crippen MR) is 131 cm³/mol. The third kappa shape index (κ3) is 6.13. The number of ether oxygens (including phenoxy) is 2. The summed E-state index contributed by atoms with van der Waals surface area (Å²) >= 11 is 0. The van der Waals surface area contributed by atoms with Crippen molar-refractivity contribution in [2.45, 2.75) is 26.4 Å². The fourth-order valence-electron chi connectivity index (χ4n) is 4.07. The van der Waals surface area contributed by atoms with E-state index in [0.717, 1.165) is 5.56 Å². The van der Waals surface area contributed by atoms with Gasteiger partial charge in [-0.15, -0.1) is 0 Å². The summed E-state index contributed by atoms with van der Waals surface area (Å²) in [5.74, 6) is -1.26. The first-order chi connectivity index (χ1) is 16.7. The number of nitro groups is 1. The molecule has 0 bridgehead atoms. The number of allylic oxidation sites excluding steroid dienone is 1. The number of nitrogens with one attached hydrogen (secondary N) is 1. The Morgan fingerprint density at radius 1 is 1.11 bits per heavy atom. The number of non-ortho nitro benzene ring substituents is 1. The lowest BCUT2D eigenvalue weighted by atomic mass is 9.85. The third-order valence-electron chi connectivity index (χ3n) is 5.72. The Labute approximate surface area is 204 Å². The highest BCUT2D eigenvalue weighted by Gasteiger charge is 2.35. The SMILES string of the molecule is COC(=O)C1=C(c2cccc([N+](=O)[O-])c2)C(C(=O)OCCN(C)Cc2ccccc2)=C(C)NC1C. The van der Waals surface area contributed by atoms with Gasteiger partial charge >= 0.3 is 11.9 Å². The molecular weight excluding hydrogens is 450 g/mol. The lowest BCUT2D eigenvalue weighted by Crippen LogP contribution is -2.37. The summed E-state index contributed by atoms with van der Waals surface area (Å²) in [6.45, 7) is 4.79. The maximum absolute atomic E-state index is 13.3. The number of rotatable bonds is 9. The topological polar surface area (TPSA) is 111 Å². The molecule has 0 aliphatic carbocycles. The maximum Gasteiger partial charge on any atom is 0.340 e. The molecule has 0 spiro atoms. The van der Waals surface area contributed by atoms with Crippen LogP contribution in [0.5, 0.6) is 0 Å². The number of hydrogen-bond acceptors (Lipinski definition) is 8.